The maximum Gasteiger partial charge on any atom is 0.326 e. The van der Waals surface area contributed by atoms with Gasteiger partial charge in [0.2, 0.25) is 11.8 Å². The van der Waals surface area contributed by atoms with Gasteiger partial charge in [-0.15, -0.1) is 0 Å². The number of nitrogens with one attached hydrogen (secondary N) is 2. The summed E-state index contributed by atoms with van der Waals surface area (Å²) in [5, 5.41) is 26.7. The zero-order chi connectivity index (χ0) is 21.4. The molecule has 0 bridgehead atoms. The number of nitrogens with zero attached hydrogens (tertiary/aromatic N) is 2. The van der Waals surface area contributed by atoms with Crippen LogP contribution in [0.4, 0.5) is 4.79 Å². The summed E-state index contributed by atoms with van der Waals surface area (Å²) in [7, 11) is 0. The van der Waals surface area contributed by atoms with Gasteiger partial charge in [-0.1, -0.05) is 35.5 Å². The summed E-state index contributed by atoms with van der Waals surface area (Å²) in [6, 6.07) is 4.66. The van der Waals surface area contributed by atoms with E-state index < -0.39 is 42.6 Å². The molecule has 1 heterocycles. The summed E-state index contributed by atoms with van der Waals surface area (Å²) in [6.45, 7) is -0.437. The Morgan fingerprint density at radius 1 is 1.17 bits per heavy atom. The van der Waals surface area contributed by atoms with E-state index in [2.05, 4.69) is 20.8 Å². The largest absolute Gasteiger partial charge is 0.480 e. The fourth-order valence-corrected chi connectivity index (χ4v) is 2.43. The highest BCUT2D eigenvalue weighted by atomic mass is 16.5. The molecule has 0 aliphatic carbocycles. The number of urea groups is 1. The molecule has 2 rings (SSSR count). The first-order valence-corrected chi connectivity index (χ1v) is 8.62. The first-order chi connectivity index (χ1) is 13.8. The number of benzene rings is 1. The highest BCUT2D eigenvalue weighted by Gasteiger charge is 2.27. The van der Waals surface area contributed by atoms with E-state index in [1.54, 1.807) is 30.3 Å². The van der Waals surface area contributed by atoms with Crippen molar-refractivity contribution in [2.75, 3.05) is 6.61 Å². The SMILES string of the molecule is NC(=O)C[C@H](NC(=O)N[C@@H](Cc1ccccc1)C(=O)O)c1nc([C@@H](N)CO)no1. The van der Waals surface area contributed by atoms with Crippen LogP contribution in [0, 0.1) is 0 Å². The van der Waals surface area contributed by atoms with E-state index in [0.29, 0.717) is 5.56 Å². The molecule has 0 fully saturated rings. The van der Waals surface area contributed by atoms with Crippen LogP contribution in [-0.4, -0.2) is 50.9 Å². The van der Waals surface area contributed by atoms with Crippen LogP contribution < -0.4 is 22.1 Å². The van der Waals surface area contributed by atoms with E-state index in [0.717, 1.165) is 0 Å². The number of primary amides is 1. The first-order valence-electron chi connectivity index (χ1n) is 8.62. The number of carboxylic acid groups (broad SMARTS) is 1. The Morgan fingerprint density at radius 2 is 1.86 bits per heavy atom. The lowest BCUT2D eigenvalue weighted by Gasteiger charge is -2.18. The lowest BCUT2D eigenvalue weighted by atomic mass is 10.1. The normalized spacial score (nSPS) is 13.9. The molecule has 29 heavy (non-hydrogen) atoms. The van der Waals surface area contributed by atoms with Crippen molar-refractivity contribution in [3.8, 4) is 0 Å². The fourth-order valence-electron chi connectivity index (χ4n) is 2.43. The number of carbonyl (C=O) groups is 3. The molecule has 0 spiro atoms. The number of amides is 3. The standard InChI is InChI=1S/C17H22N6O6/c18-10(8-24)14-22-15(29-23-14)11(7-13(19)25)20-17(28)21-12(16(26)27)6-9-4-2-1-3-5-9/h1-5,10-12,24H,6-8,18H2,(H2,19,25)(H,26,27)(H2,20,21,28)/t10-,11-,12-/m0/s1. The number of rotatable bonds is 10. The van der Waals surface area contributed by atoms with Crippen LogP contribution in [0.25, 0.3) is 0 Å². The molecule has 3 amide bonds. The van der Waals surface area contributed by atoms with Crippen LogP contribution in [0.2, 0.25) is 0 Å². The van der Waals surface area contributed by atoms with Gasteiger partial charge in [0.1, 0.15) is 12.1 Å². The van der Waals surface area contributed by atoms with Crippen molar-refractivity contribution in [1.82, 2.24) is 20.8 Å². The lowest BCUT2D eigenvalue weighted by molar-refractivity contribution is -0.139. The van der Waals surface area contributed by atoms with Crippen LogP contribution in [0.1, 0.15) is 35.8 Å². The van der Waals surface area contributed by atoms with Crippen molar-refractivity contribution in [2.24, 2.45) is 11.5 Å². The number of hydrogen-bond acceptors (Lipinski definition) is 8. The van der Waals surface area contributed by atoms with E-state index >= 15 is 0 Å². The molecule has 0 saturated heterocycles. The number of aliphatic hydroxyl groups is 1. The van der Waals surface area contributed by atoms with Crippen molar-refractivity contribution < 1.29 is 29.1 Å². The Labute approximate surface area is 165 Å². The Bertz CT molecular complexity index is 842. The van der Waals surface area contributed by atoms with Gasteiger partial charge in [-0.05, 0) is 5.56 Å². The summed E-state index contributed by atoms with van der Waals surface area (Å²) >= 11 is 0. The van der Waals surface area contributed by atoms with E-state index in [1.165, 1.54) is 0 Å². The topological polar surface area (TPSA) is 207 Å². The molecule has 1 aromatic carbocycles. The molecule has 12 nitrogen and oxygen atoms in total. The smallest absolute Gasteiger partial charge is 0.326 e. The summed E-state index contributed by atoms with van der Waals surface area (Å²) in [6.07, 6.45) is -0.319. The van der Waals surface area contributed by atoms with Crippen LogP contribution in [0.15, 0.2) is 34.9 Å². The molecule has 0 aliphatic rings. The van der Waals surface area contributed by atoms with Crippen molar-refractivity contribution in [2.45, 2.75) is 31.0 Å². The number of carboxylic acids is 1. The molecule has 0 aliphatic heterocycles. The molecule has 0 unspecified atom stereocenters. The van der Waals surface area contributed by atoms with Gasteiger partial charge in [0.05, 0.1) is 19.1 Å². The summed E-state index contributed by atoms with van der Waals surface area (Å²) in [5.74, 6) is -2.18. The van der Waals surface area contributed by atoms with Crippen LogP contribution in [-0.2, 0) is 16.0 Å². The van der Waals surface area contributed by atoms with Gasteiger partial charge in [0, 0.05) is 6.42 Å². The molecule has 1 aromatic heterocycles. The molecule has 156 valence electrons. The molecule has 2 aromatic rings. The van der Waals surface area contributed by atoms with Crippen LogP contribution >= 0.6 is 0 Å². The van der Waals surface area contributed by atoms with Gasteiger partial charge in [0.15, 0.2) is 5.82 Å². The lowest BCUT2D eigenvalue weighted by Crippen LogP contribution is -2.48. The minimum Gasteiger partial charge on any atom is -0.480 e. The third kappa shape index (κ3) is 6.55. The fraction of sp³-hybridized carbons (Fsp3) is 0.353. The maximum atomic E-state index is 12.3. The van der Waals surface area contributed by atoms with E-state index in [-0.39, 0.29) is 24.6 Å². The number of hydrogen-bond donors (Lipinski definition) is 6. The van der Waals surface area contributed by atoms with E-state index in [9.17, 15) is 19.5 Å². The maximum absolute atomic E-state index is 12.3. The van der Waals surface area contributed by atoms with Crippen LogP contribution in [0.3, 0.4) is 0 Å². The minimum absolute atomic E-state index is 0.0216. The average Bonchev–Trinajstić information content (AvgIpc) is 3.17. The van der Waals surface area contributed by atoms with Gasteiger partial charge >= 0.3 is 12.0 Å². The van der Waals surface area contributed by atoms with Gasteiger partial charge in [-0.2, -0.15) is 4.98 Å². The third-order valence-corrected chi connectivity index (χ3v) is 3.88. The molecular formula is C17H22N6O6. The van der Waals surface area contributed by atoms with Crippen molar-refractivity contribution in [1.29, 1.82) is 0 Å². The second kappa shape index (κ2) is 10.1. The van der Waals surface area contributed by atoms with Gasteiger partial charge < -0.3 is 36.8 Å². The molecule has 0 radical (unpaired) electrons. The second-order valence-electron chi connectivity index (χ2n) is 6.20. The molecule has 8 N–H and O–H groups in total. The summed E-state index contributed by atoms with van der Waals surface area (Å²) in [5.41, 5.74) is 11.5. The first kappa shape index (κ1) is 21.8. The number of aliphatic hydroxyl groups excluding tert-OH is 1. The molecule has 12 heteroatoms. The predicted octanol–water partition coefficient (Wildman–Crippen LogP) is -1.03. The van der Waals surface area contributed by atoms with Crippen LogP contribution in [0.5, 0.6) is 0 Å². The molecule has 3 atom stereocenters. The van der Waals surface area contributed by atoms with Crippen molar-refractivity contribution in [3.63, 3.8) is 0 Å². The second-order valence-corrected chi connectivity index (χ2v) is 6.20. The summed E-state index contributed by atoms with van der Waals surface area (Å²) in [4.78, 5) is 39.1. The minimum atomic E-state index is -1.23. The van der Waals surface area contributed by atoms with Gasteiger partial charge in [-0.3, -0.25) is 4.79 Å². The highest BCUT2D eigenvalue weighted by Crippen LogP contribution is 2.16. The Hall–Kier alpha value is -3.51. The Balaban J connectivity index is 2.08. The number of aliphatic carboxylic acids is 1. The van der Waals surface area contributed by atoms with E-state index in [1.807, 2.05) is 0 Å². The predicted molar refractivity (Wildman–Crippen MR) is 98.1 cm³/mol. The zero-order valence-electron chi connectivity index (χ0n) is 15.3. The van der Waals surface area contributed by atoms with Crippen molar-refractivity contribution in [3.05, 3.63) is 47.6 Å². The number of carbonyl (C=O) groups excluding carboxylic acids is 2. The monoisotopic (exact) mass is 406 g/mol. The number of aromatic nitrogens is 2. The molecular weight excluding hydrogens is 384 g/mol. The van der Waals surface area contributed by atoms with Gasteiger partial charge in [0.25, 0.3) is 0 Å². The molecule has 0 saturated carbocycles. The quantitative estimate of drug-likeness (QED) is 0.285. The van der Waals surface area contributed by atoms with E-state index in [4.69, 9.17) is 21.1 Å². The van der Waals surface area contributed by atoms with Crippen molar-refractivity contribution >= 4 is 17.9 Å². The Kier molecular flexibility index (Phi) is 7.62. The highest BCUT2D eigenvalue weighted by molar-refractivity contribution is 5.83. The zero-order valence-corrected chi connectivity index (χ0v) is 15.3. The van der Waals surface area contributed by atoms with Gasteiger partial charge in [-0.25, -0.2) is 9.59 Å². The number of nitrogens with two attached hydrogens (primary N) is 2. The summed E-state index contributed by atoms with van der Waals surface area (Å²) < 4.78 is 4.98. The Morgan fingerprint density at radius 3 is 2.45 bits per heavy atom. The average molecular weight is 406 g/mol. The third-order valence-electron chi connectivity index (χ3n) is 3.88.